The zero-order valence-corrected chi connectivity index (χ0v) is 23.0. The maximum atomic E-state index is 13.5. The van der Waals surface area contributed by atoms with Crippen LogP contribution in [0.3, 0.4) is 0 Å². The Morgan fingerprint density at radius 3 is 2.41 bits per heavy atom. The molecule has 37 heavy (non-hydrogen) atoms. The van der Waals surface area contributed by atoms with Gasteiger partial charge >= 0.3 is 0 Å². The number of carbonyl (C=O) groups is 2. The van der Waals surface area contributed by atoms with E-state index in [2.05, 4.69) is 31.0 Å². The molecule has 1 atom stereocenters. The van der Waals surface area contributed by atoms with Crippen LogP contribution in [0.5, 0.6) is 0 Å². The number of carbonyl (C=O) groups excluding carboxylic acids is 2. The Labute approximate surface area is 227 Å². The molecule has 5 rings (SSSR count). The number of amides is 1. The van der Waals surface area contributed by atoms with Gasteiger partial charge < -0.3 is 5.11 Å². The van der Waals surface area contributed by atoms with Gasteiger partial charge in [-0.3, -0.25) is 14.5 Å². The number of thiophene rings is 1. The van der Waals surface area contributed by atoms with Gasteiger partial charge in [0.05, 0.1) is 16.5 Å². The summed E-state index contributed by atoms with van der Waals surface area (Å²) in [5.41, 5.74) is 3.01. The van der Waals surface area contributed by atoms with Crippen molar-refractivity contribution in [3.8, 4) is 0 Å². The number of hydrogen-bond donors (Lipinski definition) is 1. The van der Waals surface area contributed by atoms with Crippen molar-refractivity contribution in [1.29, 1.82) is 0 Å². The smallest absolute Gasteiger partial charge is 0.296 e. The summed E-state index contributed by atoms with van der Waals surface area (Å²) in [5, 5.41) is 21.7. The molecule has 0 aliphatic carbocycles. The maximum absolute atomic E-state index is 13.5. The average Bonchev–Trinajstić information content (AvgIpc) is 3.64. The van der Waals surface area contributed by atoms with Crippen LogP contribution in [-0.2, 0) is 16.0 Å². The minimum absolute atomic E-state index is 0.0542. The first-order valence-corrected chi connectivity index (χ1v) is 14.4. The number of thioether (sulfide) groups is 1. The lowest BCUT2D eigenvalue weighted by atomic mass is 9.85. The molecule has 1 amide bonds. The quantitative estimate of drug-likeness (QED) is 0.153. The van der Waals surface area contributed by atoms with Crippen LogP contribution in [0.2, 0.25) is 0 Å². The second-order valence-electron chi connectivity index (χ2n) is 9.64. The Morgan fingerprint density at radius 1 is 1.03 bits per heavy atom. The van der Waals surface area contributed by atoms with E-state index in [1.165, 1.54) is 39.3 Å². The molecule has 2 aromatic heterocycles. The Morgan fingerprint density at radius 2 is 1.76 bits per heavy atom. The fourth-order valence-electron chi connectivity index (χ4n) is 4.13. The number of hydrogen-bond acceptors (Lipinski definition) is 8. The number of aliphatic hydroxyl groups is 1. The van der Waals surface area contributed by atoms with Crippen LogP contribution in [0, 0.1) is 0 Å². The molecule has 1 unspecified atom stereocenters. The van der Waals surface area contributed by atoms with Crippen LogP contribution in [0.25, 0.3) is 0 Å². The highest BCUT2D eigenvalue weighted by atomic mass is 32.2. The van der Waals surface area contributed by atoms with Crippen molar-refractivity contribution in [2.45, 2.75) is 42.3 Å². The van der Waals surface area contributed by atoms with Gasteiger partial charge in [0.25, 0.3) is 5.91 Å². The van der Waals surface area contributed by atoms with Crippen LogP contribution < -0.4 is 4.90 Å². The molecule has 0 saturated carbocycles. The number of ketones is 1. The largest absolute Gasteiger partial charge is 0.503 e. The van der Waals surface area contributed by atoms with E-state index in [9.17, 15) is 14.7 Å². The van der Waals surface area contributed by atoms with Crippen LogP contribution in [0.15, 0.2) is 87.8 Å². The molecule has 1 N–H and O–H groups in total. The fourth-order valence-corrected chi connectivity index (χ4v) is 6.63. The summed E-state index contributed by atoms with van der Waals surface area (Å²) in [6.07, 6.45) is 0. The summed E-state index contributed by atoms with van der Waals surface area (Å²) in [7, 11) is 0. The van der Waals surface area contributed by atoms with Crippen molar-refractivity contribution in [2.75, 3.05) is 4.90 Å². The lowest BCUT2D eigenvalue weighted by molar-refractivity contribution is -0.117. The van der Waals surface area contributed by atoms with Crippen molar-refractivity contribution in [1.82, 2.24) is 10.2 Å². The third-order valence-corrected chi connectivity index (χ3v) is 9.09. The lowest BCUT2D eigenvalue weighted by Gasteiger charge is -2.25. The van der Waals surface area contributed by atoms with E-state index < -0.39 is 17.7 Å². The third-order valence-electron chi connectivity index (χ3n) is 6.10. The Balaban J connectivity index is 1.51. The first-order valence-electron chi connectivity index (χ1n) is 11.7. The number of aromatic nitrogens is 2. The molecule has 2 aromatic carbocycles. The summed E-state index contributed by atoms with van der Waals surface area (Å²) in [5.74, 6) is -0.846. The Bertz CT molecular complexity index is 1450. The van der Waals surface area contributed by atoms with E-state index in [1.54, 1.807) is 17.5 Å². The summed E-state index contributed by atoms with van der Waals surface area (Å²) in [6.45, 7) is 6.38. The Kier molecular flexibility index (Phi) is 7.02. The summed E-state index contributed by atoms with van der Waals surface area (Å²) >= 11 is 4.08. The summed E-state index contributed by atoms with van der Waals surface area (Å²) < 4.78 is 0.700. The van der Waals surface area contributed by atoms with Gasteiger partial charge in [0, 0.05) is 5.75 Å². The molecule has 1 aliphatic rings. The van der Waals surface area contributed by atoms with Gasteiger partial charge in [0.2, 0.25) is 10.9 Å². The molecule has 1 aliphatic heterocycles. The lowest BCUT2D eigenvalue weighted by Crippen LogP contribution is -2.31. The fraction of sp³-hybridized carbons (Fsp3) is 0.214. The van der Waals surface area contributed by atoms with E-state index in [4.69, 9.17) is 0 Å². The van der Waals surface area contributed by atoms with Gasteiger partial charge in [-0.1, -0.05) is 105 Å². The van der Waals surface area contributed by atoms with E-state index in [-0.39, 0.29) is 16.8 Å². The molecule has 0 bridgehead atoms. The molecule has 0 fully saturated rings. The minimum Gasteiger partial charge on any atom is -0.503 e. The Hall–Kier alpha value is -3.27. The van der Waals surface area contributed by atoms with E-state index in [1.807, 2.05) is 54.6 Å². The van der Waals surface area contributed by atoms with Crippen molar-refractivity contribution in [3.05, 3.63) is 105 Å². The number of nitrogens with zero attached hydrogens (tertiary/aromatic N) is 3. The SMILES string of the molecule is CC(C)(C)c1ccc(C2C(C(=O)c3cccs3)=C(O)C(=O)N2c2nnc(SCc3ccccc3)s2)cc1. The molecule has 188 valence electrons. The van der Waals surface area contributed by atoms with Gasteiger partial charge in [0.1, 0.15) is 0 Å². The molecule has 3 heterocycles. The molecular weight excluding hydrogens is 523 g/mol. The molecule has 9 heteroatoms. The molecule has 0 radical (unpaired) electrons. The highest BCUT2D eigenvalue weighted by Gasteiger charge is 2.46. The van der Waals surface area contributed by atoms with Gasteiger partial charge in [-0.05, 0) is 33.6 Å². The average molecular weight is 548 g/mol. The minimum atomic E-state index is -0.809. The molecule has 6 nitrogen and oxygen atoms in total. The molecule has 4 aromatic rings. The topological polar surface area (TPSA) is 83.4 Å². The van der Waals surface area contributed by atoms with Gasteiger partial charge in [-0.15, -0.1) is 21.5 Å². The number of anilines is 1. The number of rotatable bonds is 7. The number of aliphatic hydroxyl groups excluding tert-OH is 1. The predicted octanol–water partition coefficient (Wildman–Crippen LogP) is 6.97. The highest BCUT2D eigenvalue weighted by Crippen LogP contribution is 2.44. The molecular formula is C28H25N3O3S3. The van der Waals surface area contributed by atoms with E-state index >= 15 is 0 Å². The second kappa shape index (κ2) is 10.2. The van der Waals surface area contributed by atoms with Crippen LogP contribution in [0.4, 0.5) is 5.13 Å². The van der Waals surface area contributed by atoms with Crippen LogP contribution in [-0.4, -0.2) is 27.0 Å². The predicted molar refractivity (Wildman–Crippen MR) is 150 cm³/mol. The van der Waals surface area contributed by atoms with E-state index in [0.29, 0.717) is 20.1 Å². The molecule has 0 saturated heterocycles. The van der Waals surface area contributed by atoms with Crippen molar-refractivity contribution < 1.29 is 14.7 Å². The highest BCUT2D eigenvalue weighted by molar-refractivity contribution is 8.00. The van der Waals surface area contributed by atoms with Crippen LogP contribution in [0.1, 0.15) is 53.2 Å². The van der Waals surface area contributed by atoms with Crippen molar-refractivity contribution >= 4 is 51.3 Å². The zero-order valence-electron chi connectivity index (χ0n) is 20.5. The maximum Gasteiger partial charge on any atom is 0.296 e. The summed E-state index contributed by atoms with van der Waals surface area (Å²) in [6, 6.07) is 20.5. The standard InChI is InChI=1S/C28H25N3O3S3/c1-28(2,3)19-13-11-18(12-14-19)22-21(23(32)20-10-7-15-35-20)24(33)25(34)31(22)26-29-30-27(37-26)36-16-17-8-5-4-6-9-17/h4-15,22,33H,16H2,1-3H3. The van der Waals surface area contributed by atoms with Gasteiger partial charge in [-0.25, -0.2) is 0 Å². The second-order valence-corrected chi connectivity index (χ2v) is 12.8. The zero-order chi connectivity index (χ0) is 26.2. The third kappa shape index (κ3) is 5.12. The summed E-state index contributed by atoms with van der Waals surface area (Å²) in [4.78, 5) is 28.7. The molecule has 0 spiro atoms. The normalized spacial score (nSPS) is 16.0. The van der Waals surface area contributed by atoms with E-state index in [0.717, 1.165) is 16.7 Å². The van der Waals surface area contributed by atoms with Crippen molar-refractivity contribution in [2.24, 2.45) is 0 Å². The van der Waals surface area contributed by atoms with Crippen LogP contribution >= 0.6 is 34.4 Å². The first-order chi connectivity index (χ1) is 17.7. The first kappa shape index (κ1) is 25.4. The number of benzene rings is 2. The van der Waals surface area contributed by atoms with Crippen molar-refractivity contribution in [3.63, 3.8) is 0 Å². The van der Waals surface area contributed by atoms with Gasteiger partial charge in [0.15, 0.2) is 10.1 Å². The monoisotopic (exact) mass is 547 g/mol. The van der Waals surface area contributed by atoms with Gasteiger partial charge in [-0.2, -0.15) is 0 Å². The number of Topliss-reactive ketones (excluding diaryl/α,β-unsaturated/α-hetero) is 1.